The van der Waals surface area contributed by atoms with Crippen LogP contribution in [-0.4, -0.2) is 6.04 Å². The maximum Gasteiger partial charge on any atom is 0.131 e. The molecule has 0 amide bonds. The standard InChI is InChI=1S/C4H5NO/c1-3-2-4(3)5-6/h2,4H,1H3. The molecule has 0 aliphatic heterocycles. The molecule has 1 aliphatic carbocycles. The van der Waals surface area contributed by atoms with Gasteiger partial charge in [0, 0.05) is 0 Å². The van der Waals surface area contributed by atoms with Crippen molar-refractivity contribution in [3.63, 3.8) is 0 Å². The molecule has 32 valence electrons. The minimum atomic E-state index is -0.0370. The number of hydrogen-bond donors (Lipinski definition) is 0. The second kappa shape index (κ2) is 0.899. The summed E-state index contributed by atoms with van der Waals surface area (Å²) in [6.07, 6.45) is 1.83. The molecule has 0 spiro atoms. The Morgan fingerprint density at radius 1 is 2.00 bits per heavy atom. The molecule has 2 nitrogen and oxygen atoms in total. The monoisotopic (exact) mass is 83.0 g/mol. The van der Waals surface area contributed by atoms with Crippen molar-refractivity contribution < 1.29 is 0 Å². The number of hydrogen-bond acceptors (Lipinski definition) is 2. The molecular weight excluding hydrogens is 78.0 g/mol. The quantitative estimate of drug-likeness (QED) is 0.344. The van der Waals surface area contributed by atoms with Crippen molar-refractivity contribution in [1.82, 2.24) is 0 Å². The Balaban J connectivity index is 2.35. The number of rotatable bonds is 1. The molecule has 0 saturated heterocycles. The summed E-state index contributed by atoms with van der Waals surface area (Å²) in [5.41, 5.74) is 1.10. The van der Waals surface area contributed by atoms with Gasteiger partial charge in [0.1, 0.15) is 6.04 Å². The first kappa shape index (κ1) is 3.53. The molecule has 0 radical (unpaired) electrons. The highest BCUT2D eigenvalue weighted by Gasteiger charge is 2.19. The van der Waals surface area contributed by atoms with Crippen LogP contribution in [0.5, 0.6) is 0 Å². The molecule has 0 bridgehead atoms. The largest absolute Gasteiger partial charge is 0.150 e. The lowest BCUT2D eigenvalue weighted by Crippen LogP contribution is -1.72. The van der Waals surface area contributed by atoms with E-state index in [0.717, 1.165) is 5.57 Å². The Hall–Kier alpha value is -0.660. The van der Waals surface area contributed by atoms with Gasteiger partial charge in [0.25, 0.3) is 0 Å². The summed E-state index contributed by atoms with van der Waals surface area (Å²) >= 11 is 0. The predicted molar refractivity (Wildman–Crippen MR) is 23.3 cm³/mol. The molecule has 1 rings (SSSR count). The van der Waals surface area contributed by atoms with E-state index in [1.54, 1.807) is 0 Å². The third kappa shape index (κ3) is 0.339. The van der Waals surface area contributed by atoms with Gasteiger partial charge in [-0.25, -0.2) is 0 Å². The lowest BCUT2D eigenvalue weighted by atomic mass is 10.5. The van der Waals surface area contributed by atoms with Crippen LogP contribution in [0.15, 0.2) is 16.8 Å². The summed E-state index contributed by atoms with van der Waals surface area (Å²) in [4.78, 5) is 9.48. The average Bonchev–Trinajstić information content (AvgIpc) is 2.19. The summed E-state index contributed by atoms with van der Waals surface area (Å²) in [5.74, 6) is 0. The maximum absolute atomic E-state index is 9.48. The van der Waals surface area contributed by atoms with E-state index in [0.29, 0.717) is 0 Å². The molecule has 6 heavy (non-hydrogen) atoms. The molecule has 0 aromatic rings. The van der Waals surface area contributed by atoms with Gasteiger partial charge in [0.05, 0.1) is 0 Å². The van der Waals surface area contributed by atoms with Crippen LogP contribution in [0.4, 0.5) is 0 Å². The van der Waals surface area contributed by atoms with Crippen LogP contribution >= 0.6 is 0 Å². The smallest absolute Gasteiger partial charge is 0.131 e. The van der Waals surface area contributed by atoms with Gasteiger partial charge in [0.2, 0.25) is 0 Å². The lowest BCUT2D eigenvalue weighted by molar-refractivity contribution is 1.09. The van der Waals surface area contributed by atoms with Gasteiger partial charge in [0.15, 0.2) is 0 Å². The van der Waals surface area contributed by atoms with Crippen molar-refractivity contribution in [3.05, 3.63) is 16.6 Å². The zero-order chi connectivity index (χ0) is 4.57. The average molecular weight is 83.1 g/mol. The van der Waals surface area contributed by atoms with Crippen molar-refractivity contribution in [1.29, 1.82) is 0 Å². The Kier molecular flexibility index (Phi) is 0.528. The molecule has 0 aromatic carbocycles. The van der Waals surface area contributed by atoms with E-state index in [9.17, 15) is 4.91 Å². The van der Waals surface area contributed by atoms with E-state index in [2.05, 4.69) is 5.18 Å². The molecule has 0 aromatic heterocycles. The van der Waals surface area contributed by atoms with E-state index in [1.807, 2.05) is 13.0 Å². The van der Waals surface area contributed by atoms with Gasteiger partial charge in [-0.1, -0.05) is 11.3 Å². The lowest BCUT2D eigenvalue weighted by Gasteiger charge is -1.69. The van der Waals surface area contributed by atoms with Gasteiger partial charge < -0.3 is 0 Å². The second-order valence-corrected chi connectivity index (χ2v) is 1.46. The summed E-state index contributed by atoms with van der Waals surface area (Å²) < 4.78 is 0. The van der Waals surface area contributed by atoms with Crippen molar-refractivity contribution in [2.24, 2.45) is 5.18 Å². The number of nitroso groups, excluding NO2 is 1. The highest BCUT2D eigenvalue weighted by atomic mass is 16.3. The van der Waals surface area contributed by atoms with Crippen molar-refractivity contribution >= 4 is 0 Å². The summed E-state index contributed by atoms with van der Waals surface area (Å²) in [5, 5.41) is 2.74. The Morgan fingerprint density at radius 3 is 2.50 bits per heavy atom. The summed E-state index contributed by atoms with van der Waals surface area (Å²) in [6, 6.07) is -0.0370. The summed E-state index contributed by atoms with van der Waals surface area (Å²) in [6.45, 7) is 1.89. The highest BCUT2D eigenvalue weighted by Crippen LogP contribution is 2.21. The van der Waals surface area contributed by atoms with Crippen molar-refractivity contribution in [3.8, 4) is 0 Å². The first-order chi connectivity index (χ1) is 2.84. The predicted octanol–water partition coefficient (Wildman–Crippen LogP) is 1.08. The van der Waals surface area contributed by atoms with Crippen LogP contribution < -0.4 is 0 Å². The van der Waals surface area contributed by atoms with Gasteiger partial charge in [-0.05, 0) is 12.5 Å². The molecule has 1 unspecified atom stereocenters. The Bertz CT molecular complexity index is 106. The van der Waals surface area contributed by atoms with Crippen LogP contribution in [0.2, 0.25) is 0 Å². The zero-order valence-corrected chi connectivity index (χ0v) is 3.51. The van der Waals surface area contributed by atoms with Gasteiger partial charge in [-0.3, -0.25) is 0 Å². The molecule has 1 atom stereocenters. The van der Waals surface area contributed by atoms with Crippen molar-refractivity contribution in [2.45, 2.75) is 13.0 Å². The van der Waals surface area contributed by atoms with Gasteiger partial charge in [-0.15, -0.1) is 4.91 Å². The first-order valence-electron chi connectivity index (χ1n) is 1.85. The van der Waals surface area contributed by atoms with Crippen LogP contribution in [0, 0.1) is 4.91 Å². The third-order valence-corrected chi connectivity index (χ3v) is 0.892. The maximum atomic E-state index is 9.48. The minimum Gasteiger partial charge on any atom is -0.150 e. The Morgan fingerprint density at radius 2 is 2.50 bits per heavy atom. The first-order valence-corrected chi connectivity index (χ1v) is 1.85. The number of nitrogens with zero attached hydrogens (tertiary/aromatic N) is 1. The second-order valence-electron chi connectivity index (χ2n) is 1.46. The normalized spacial score (nSPS) is 28.8. The van der Waals surface area contributed by atoms with Gasteiger partial charge in [-0.2, -0.15) is 0 Å². The Labute approximate surface area is 35.8 Å². The van der Waals surface area contributed by atoms with Gasteiger partial charge >= 0.3 is 0 Å². The molecule has 0 heterocycles. The topological polar surface area (TPSA) is 29.4 Å². The van der Waals surface area contributed by atoms with E-state index in [-0.39, 0.29) is 6.04 Å². The van der Waals surface area contributed by atoms with Crippen LogP contribution in [0.3, 0.4) is 0 Å². The van der Waals surface area contributed by atoms with Crippen LogP contribution in [0.25, 0.3) is 0 Å². The fourth-order valence-electron chi connectivity index (χ4n) is 0.314. The van der Waals surface area contributed by atoms with E-state index in [1.165, 1.54) is 0 Å². The molecule has 0 fully saturated rings. The molecule has 0 saturated carbocycles. The van der Waals surface area contributed by atoms with E-state index in [4.69, 9.17) is 0 Å². The SMILES string of the molecule is CC1=CC1N=O. The minimum absolute atomic E-state index is 0.0370. The van der Waals surface area contributed by atoms with E-state index >= 15 is 0 Å². The van der Waals surface area contributed by atoms with Crippen LogP contribution in [-0.2, 0) is 0 Å². The van der Waals surface area contributed by atoms with Crippen molar-refractivity contribution in [2.75, 3.05) is 0 Å². The fourth-order valence-corrected chi connectivity index (χ4v) is 0.314. The zero-order valence-electron chi connectivity index (χ0n) is 3.51. The summed E-state index contributed by atoms with van der Waals surface area (Å²) in [7, 11) is 0. The molecule has 1 aliphatic rings. The fraction of sp³-hybridized carbons (Fsp3) is 0.500. The molecular formula is C4H5NO. The molecule has 0 N–H and O–H groups in total. The van der Waals surface area contributed by atoms with E-state index < -0.39 is 0 Å². The third-order valence-electron chi connectivity index (χ3n) is 0.892. The molecule has 2 heteroatoms. The van der Waals surface area contributed by atoms with Crippen LogP contribution in [0.1, 0.15) is 6.92 Å². The highest BCUT2D eigenvalue weighted by molar-refractivity contribution is 5.32.